The zero-order valence-electron chi connectivity index (χ0n) is 11.5. The first-order valence-corrected chi connectivity index (χ1v) is 7.78. The SMILES string of the molecule is CCN(C(=O)C1C2CCCC21)C1CCC(N)CC1. The second-order valence-corrected chi connectivity index (χ2v) is 6.48. The molecule has 3 heteroatoms. The molecule has 2 unspecified atom stereocenters. The molecule has 2 N–H and O–H groups in total. The predicted octanol–water partition coefficient (Wildman–Crippen LogP) is 2.15. The molecule has 0 aliphatic heterocycles. The van der Waals surface area contributed by atoms with E-state index in [1.165, 1.54) is 19.3 Å². The van der Waals surface area contributed by atoms with Gasteiger partial charge in [-0.25, -0.2) is 0 Å². The van der Waals surface area contributed by atoms with E-state index in [1.54, 1.807) is 0 Å². The van der Waals surface area contributed by atoms with Crippen molar-refractivity contribution in [2.75, 3.05) is 6.54 Å². The summed E-state index contributed by atoms with van der Waals surface area (Å²) in [6.07, 6.45) is 8.36. The van der Waals surface area contributed by atoms with Crippen LogP contribution in [0.4, 0.5) is 0 Å². The Balaban J connectivity index is 1.60. The minimum Gasteiger partial charge on any atom is -0.340 e. The fourth-order valence-electron chi connectivity index (χ4n) is 4.39. The third-order valence-electron chi connectivity index (χ3n) is 5.50. The number of nitrogens with two attached hydrogens (primary N) is 1. The van der Waals surface area contributed by atoms with Crippen molar-refractivity contribution in [2.24, 2.45) is 23.5 Å². The number of carbonyl (C=O) groups is 1. The topological polar surface area (TPSA) is 46.3 Å². The maximum Gasteiger partial charge on any atom is 0.226 e. The first kappa shape index (κ1) is 12.5. The molecule has 3 fully saturated rings. The first-order chi connectivity index (χ1) is 8.72. The average Bonchev–Trinajstić information content (AvgIpc) is 2.86. The zero-order valence-corrected chi connectivity index (χ0v) is 11.5. The summed E-state index contributed by atoms with van der Waals surface area (Å²) in [5.41, 5.74) is 5.96. The minimum atomic E-state index is 0.371. The Hall–Kier alpha value is -0.570. The highest BCUT2D eigenvalue weighted by Crippen LogP contribution is 2.58. The van der Waals surface area contributed by atoms with Gasteiger partial charge in [0, 0.05) is 24.5 Å². The highest BCUT2D eigenvalue weighted by Gasteiger charge is 2.57. The number of hydrogen-bond donors (Lipinski definition) is 1. The van der Waals surface area contributed by atoms with Crippen molar-refractivity contribution in [1.82, 2.24) is 4.90 Å². The largest absolute Gasteiger partial charge is 0.340 e. The van der Waals surface area contributed by atoms with Crippen LogP contribution in [0.3, 0.4) is 0 Å². The number of carbonyl (C=O) groups excluding carboxylic acids is 1. The van der Waals surface area contributed by atoms with E-state index in [4.69, 9.17) is 5.73 Å². The lowest BCUT2D eigenvalue weighted by molar-refractivity contribution is -0.136. The number of nitrogens with zero attached hydrogens (tertiary/aromatic N) is 1. The smallest absolute Gasteiger partial charge is 0.226 e. The molecular formula is C15H26N2O. The molecule has 0 aromatic carbocycles. The van der Waals surface area contributed by atoms with Crippen LogP contribution in [0.2, 0.25) is 0 Å². The molecular weight excluding hydrogens is 224 g/mol. The van der Waals surface area contributed by atoms with Crippen molar-refractivity contribution in [1.29, 1.82) is 0 Å². The molecule has 0 saturated heterocycles. The molecule has 0 bridgehead atoms. The van der Waals surface area contributed by atoms with Crippen molar-refractivity contribution in [3.8, 4) is 0 Å². The highest BCUT2D eigenvalue weighted by molar-refractivity contribution is 5.82. The molecule has 3 rings (SSSR count). The molecule has 0 spiro atoms. The third kappa shape index (κ3) is 2.07. The number of hydrogen-bond acceptors (Lipinski definition) is 2. The molecule has 1 amide bonds. The van der Waals surface area contributed by atoms with Crippen molar-refractivity contribution in [2.45, 2.75) is 64.0 Å². The lowest BCUT2D eigenvalue weighted by Gasteiger charge is -2.36. The van der Waals surface area contributed by atoms with Crippen molar-refractivity contribution in [3.63, 3.8) is 0 Å². The third-order valence-corrected chi connectivity index (χ3v) is 5.50. The van der Waals surface area contributed by atoms with Crippen molar-refractivity contribution in [3.05, 3.63) is 0 Å². The van der Waals surface area contributed by atoms with Crippen LogP contribution in [0.1, 0.15) is 51.9 Å². The van der Waals surface area contributed by atoms with Gasteiger partial charge in [-0.2, -0.15) is 0 Å². The van der Waals surface area contributed by atoms with E-state index in [2.05, 4.69) is 11.8 Å². The van der Waals surface area contributed by atoms with Crippen LogP contribution in [0, 0.1) is 17.8 Å². The predicted molar refractivity (Wildman–Crippen MR) is 71.9 cm³/mol. The average molecular weight is 250 g/mol. The van der Waals surface area contributed by atoms with Crippen molar-refractivity contribution < 1.29 is 4.79 Å². The summed E-state index contributed by atoms with van der Waals surface area (Å²) in [7, 11) is 0. The first-order valence-electron chi connectivity index (χ1n) is 7.78. The van der Waals surface area contributed by atoms with Crippen LogP contribution in [-0.2, 0) is 4.79 Å². The van der Waals surface area contributed by atoms with Crippen LogP contribution in [0.5, 0.6) is 0 Å². The Bertz CT molecular complexity index is 312. The van der Waals surface area contributed by atoms with E-state index in [-0.39, 0.29) is 0 Å². The van der Waals surface area contributed by atoms with E-state index in [9.17, 15) is 4.79 Å². The molecule has 102 valence electrons. The van der Waals surface area contributed by atoms with Crippen LogP contribution in [0.15, 0.2) is 0 Å². The zero-order chi connectivity index (χ0) is 12.7. The molecule has 0 radical (unpaired) electrons. The van der Waals surface area contributed by atoms with Gasteiger partial charge in [0.05, 0.1) is 0 Å². The van der Waals surface area contributed by atoms with Gasteiger partial charge in [0.1, 0.15) is 0 Å². The summed E-state index contributed by atoms with van der Waals surface area (Å²) < 4.78 is 0. The van der Waals surface area contributed by atoms with Gasteiger partial charge in [-0.3, -0.25) is 4.79 Å². The van der Waals surface area contributed by atoms with Crippen LogP contribution in [-0.4, -0.2) is 29.4 Å². The Labute approximate surface area is 110 Å². The van der Waals surface area contributed by atoms with Crippen LogP contribution in [0.25, 0.3) is 0 Å². The Morgan fingerprint density at radius 2 is 1.72 bits per heavy atom. The summed E-state index contributed by atoms with van der Waals surface area (Å²) in [5.74, 6) is 2.36. The van der Waals surface area contributed by atoms with Crippen molar-refractivity contribution >= 4 is 5.91 Å². The highest BCUT2D eigenvalue weighted by atomic mass is 16.2. The molecule has 0 aromatic heterocycles. The van der Waals surface area contributed by atoms with E-state index >= 15 is 0 Å². The van der Waals surface area contributed by atoms with E-state index in [1.807, 2.05) is 0 Å². The maximum absolute atomic E-state index is 12.6. The number of rotatable bonds is 3. The fourth-order valence-corrected chi connectivity index (χ4v) is 4.39. The van der Waals surface area contributed by atoms with E-state index in [0.717, 1.165) is 44.1 Å². The fraction of sp³-hybridized carbons (Fsp3) is 0.933. The van der Waals surface area contributed by atoms with Gasteiger partial charge in [0.2, 0.25) is 5.91 Å². The summed E-state index contributed by atoms with van der Waals surface area (Å²) in [6.45, 7) is 3.01. The normalized spacial score (nSPS) is 42.4. The Kier molecular flexibility index (Phi) is 3.35. The summed E-state index contributed by atoms with van der Waals surface area (Å²) in [6, 6.07) is 0.846. The van der Waals surface area contributed by atoms with Gasteiger partial charge in [-0.05, 0) is 57.3 Å². The Morgan fingerprint density at radius 3 is 2.28 bits per heavy atom. The monoisotopic (exact) mass is 250 g/mol. The maximum atomic E-state index is 12.6. The van der Waals surface area contributed by atoms with E-state index in [0.29, 0.717) is 23.9 Å². The molecule has 3 aliphatic rings. The molecule has 3 aliphatic carbocycles. The summed E-state index contributed by atoms with van der Waals surface area (Å²) in [4.78, 5) is 14.8. The van der Waals surface area contributed by atoms with Crippen LogP contribution >= 0.6 is 0 Å². The van der Waals surface area contributed by atoms with Gasteiger partial charge in [0.25, 0.3) is 0 Å². The second kappa shape index (κ2) is 4.84. The minimum absolute atomic E-state index is 0.371. The summed E-state index contributed by atoms with van der Waals surface area (Å²) >= 11 is 0. The van der Waals surface area contributed by atoms with Gasteiger partial charge < -0.3 is 10.6 Å². The molecule has 0 aromatic rings. The standard InChI is InChI=1S/C15H26N2O/c1-2-17(11-8-6-10(16)7-9-11)15(18)14-12-4-3-5-13(12)14/h10-14H,2-9,16H2,1H3. The van der Waals surface area contributed by atoms with Gasteiger partial charge in [0.15, 0.2) is 0 Å². The van der Waals surface area contributed by atoms with Gasteiger partial charge in [-0.15, -0.1) is 0 Å². The molecule has 0 heterocycles. The summed E-state index contributed by atoms with van der Waals surface area (Å²) in [5, 5.41) is 0. The lowest BCUT2D eigenvalue weighted by Crippen LogP contribution is -2.45. The molecule has 3 nitrogen and oxygen atoms in total. The molecule has 3 saturated carbocycles. The lowest BCUT2D eigenvalue weighted by atomic mass is 9.90. The number of fused-ring (bicyclic) bond motifs is 1. The number of amides is 1. The Morgan fingerprint density at radius 1 is 1.11 bits per heavy atom. The van der Waals surface area contributed by atoms with Gasteiger partial charge in [-0.1, -0.05) is 6.42 Å². The molecule has 2 atom stereocenters. The second-order valence-electron chi connectivity index (χ2n) is 6.48. The van der Waals surface area contributed by atoms with Gasteiger partial charge >= 0.3 is 0 Å². The van der Waals surface area contributed by atoms with Crippen LogP contribution < -0.4 is 5.73 Å². The molecule has 18 heavy (non-hydrogen) atoms. The quantitative estimate of drug-likeness (QED) is 0.834. The van der Waals surface area contributed by atoms with E-state index < -0.39 is 0 Å².